The molecular weight excluding hydrogens is 280 g/mol. The molecule has 1 saturated heterocycles. The first-order valence-electron chi connectivity index (χ1n) is 7.50. The van der Waals surface area contributed by atoms with Gasteiger partial charge in [0, 0.05) is 58.4 Å². The van der Waals surface area contributed by atoms with Crippen LogP contribution in [0.3, 0.4) is 0 Å². The lowest BCUT2D eigenvalue weighted by molar-refractivity contribution is 0.247. The molecular formula is C15H22N6O. The summed E-state index contributed by atoms with van der Waals surface area (Å²) in [7, 11) is 3.98. The summed E-state index contributed by atoms with van der Waals surface area (Å²) >= 11 is 0. The van der Waals surface area contributed by atoms with Crippen molar-refractivity contribution < 1.29 is 4.52 Å². The Morgan fingerprint density at radius 1 is 1.18 bits per heavy atom. The summed E-state index contributed by atoms with van der Waals surface area (Å²) in [5.41, 5.74) is 1.17. The summed E-state index contributed by atoms with van der Waals surface area (Å²) in [5, 5.41) is 3.84. The van der Waals surface area contributed by atoms with E-state index in [-0.39, 0.29) is 0 Å². The van der Waals surface area contributed by atoms with Crippen molar-refractivity contribution in [2.24, 2.45) is 0 Å². The molecule has 0 unspecified atom stereocenters. The van der Waals surface area contributed by atoms with Crippen molar-refractivity contribution in [3.8, 4) is 0 Å². The number of rotatable bonds is 4. The van der Waals surface area contributed by atoms with Gasteiger partial charge < -0.3 is 14.3 Å². The van der Waals surface area contributed by atoms with Crippen LogP contribution in [0.1, 0.15) is 11.3 Å². The number of hydrogen-bond donors (Lipinski definition) is 0. The van der Waals surface area contributed by atoms with Gasteiger partial charge in [0.2, 0.25) is 0 Å². The van der Waals surface area contributed by atoms with E-state index in [9.17, 15) is 0 Å². The maximum absolute atomic E-state index is 5.12. The van der Waals surface area contributed by atoms with E-state index in [0.717, 1.165) is 50.1 Å². The minimum atomic E-state index is 0.899. The van der Waals surface area contributed by atoms with Crippen LogP contribution in [-0.2, 0) is 6.54 Å². The Bertz CT molecular complexity index is 618. The van der Waals surface area contributed by atoms with Crippen molar-refractivity contribution in [3.63, 3.8) is 0 Å². The van der Waals surface area contributed by atoms with Crippen LogP contribution in [0.5, 0.6) is 0 Å². The van der Waals surface area contributed by atoms with Crippen LogP contribution < -0.4 is 9.80 Å². The Kier molecular flexibility index (Phi) is 4.24. The molecule has 0 spiro atoms. The van der Waals surface area contributed by atoms with Gasteiger partial charge in [-0.15, -0.1) is 0 Å². The second-order valence-corrected chi connectivity index (χ2v) is 5.80. The first kappa shape index (κ1) is 14.8. The molecule has 2 aromatic heterocycles. The lowest BCUT2D eigenvalue weighted by Crippen LogP contribution is -2.46. The highest BCUT2D eigenvalue weighted by molar-refractivity contribution is 5.49. The van der Waals surface area contributed by atoms with E-state index >= 15 is 0 Å². The van der Waals surface area contributed by atoms with E-state index in [1.807, 2.05) is 38.2 Å². The monoisotopic (exact) mass is 302 g/mol. The number of aryl methyl sites for hydroxylation is 1. The van der Waals surface area contributed by atoms with Crippen LogP contribution in [0.4, 0.5) is 11.6 Å². The summed E-state index contributed by atoms with van der Waals surface area (Å²) in [6, 6.07) is 2.04. The molecule has 0 bridgehead atoms. The quantitative estimate of drug-likeness (QED) is 0.840. The number of anilines is 2. The average molecular weight is 302 g/mol. The minimum absolute atomic E-state index is 0.899. The first-order chi connectivity index (χ1) is 10.6. The lowest BCUT2D eigenvalue weighted by atomic mass is 10.2. The Labute approximate surface area is 130 Å². The standard InChI is InChI=1S/C15H22N6O/c1-12-13(9-18-22-12)10-20-4-6-21(7-5-20)15-8-14(19(2)3)16-11-17-15/h8-9,11H,4-7,10H2,1-3H3. The van der Waals surface area contributed by atoms with Gasteiger partial charge in [-0.25, -0.2) is 9.97 Å². The average Bonchev–Trinajstić information content (AvgIpc) is 2.93. The summed E-state index contributed by atoms with van der Waals surface area (Å²) in [6.07, 6.45) is 3.45. The van der Waals surface area contributed by atoms with E-state index < -0.39 is 0 Å². The second-order valence-electron chi connectivity index (χ2n) is 5.80. The molecule has 22 heavy (non-hydrogen) atoms. The van der Waals surface area contributed by atoms with E-state index in [1.54, 1.807) is 6.33 Å². The number of nitrogens with zero attached hydrogens (tertiary/aromatic N) is 6. The SMILES string of the molecule is Cc1oncc1CN1CCN(c2cc(N(C)C)ncn2)CC1. The molecule has 1 aliphatic heterocycles. The van der Waals surface area contributed by atoms with Crippen LogP contribution in [0, 0.1) is 6.92 Å². The molecule has 7 heteroatoms. The molecule has 1 fully saturated rings. The Hall–Kier alpha value is -2.15. The minimum Gasteiger partial charge on any atom is -0.363 e. The molecule has 7 nitrogen and oxygen atoms in total. The zero-order valence-electron chi connectivity index (χ0n) is 13.4. The predicted molar refractivity (Wildman–Crippen MR) is 85.1 cm³/mol. The third-order valence-electron chi connectivity index (χ3n) is 4.04. The molecule has 0 aliphatic carbocycles. The molecule has 3 rings (SSSR count). The molecule has 118 valence electrons. The fourth-order valence-corrected chi connectivity index (χ4v) is 2.60. The van der Waals surface area contributed by atoms with Crippen molar-refractivity contribution in [2.75, 3.05) is 50.1 Å². The van der Waals surface area contributed by atoms with E-state index in [4.69, 9.17) is 4.52 Å². The van der Waals surface area contributed by atoms with Gasteiger partial charge in [-0.3, -0.25) is 4.90 Å². The van der Waals surface area contributed by atoms with Gasteiger partial charge in [-0.1, -0.05) is 5.16 Å². The fourth-order valence-electron chi connectivity index (χ4n) is 2.60. The third-order valence-corrected chi connectivity index (χ3v) is 4.04. The van der Waals surface area contributed by atoms with Gasteiger partial charge in [0.15, 0.2) is 0 Å². The maximum atomic E-state index is 5.12. The van der Waals surface area contributed by atoms with Crippen LogP contribution in [0.2, 0.25) is 0 Å². The number of aromatic nitrogens is 3. The van der Waals surface area contributed by atoms with Crippen molar-refractivity contribution in [3.05, 3.63) is 29.9 Å². The Morgan fingerprint density at radius 3 is 2.59 bits per heavy atom. The summed E-state index contributed by atoms with van der Waals surface area (Å²) in [4.78, 5) is 15.4. The van der Waals surface area contributed by atoms with Gasteiger partial charge in [0.05, 0.1) is 6.20 Å². The van der Waals surface area contributed by atoms with Crippen LogP contribution >= 0.6 is 0 Å². The summed E-state index contributed by atoms with van der Waals surface area (Å²) in [6.45, 7) is 6.80. The van der Waals surface area contributed by atoms with Gasteiger partial charge in [0.1, 0.15) is 23.7 Å². The van der Waals surface area contributed by atoms with Crippen molar-refractivity contribution in [1.82, 2.24) is 20.0 Å². The topological polar surface area (TPSA) is 61.5 Å². The van der Waals surface area contributed by atoms with Crippen molar-refractivity contribution in [2.45, 2.75) is 13.5 Å². The van der Waals surface area contributed by atoms with Gasteiger partial charge in [0.25, 0.3) is 0 Å². The Morgan fingerprint density at radius 2 is 1.95 bits per heavy atom. The van der Waals surface area contributed by atoms with Gasteiger partial charge in [-0.2, -0.15) is 0 Å². The van der Waals surface area contributed by atoms with E-state index in [2.05, 4.69) is 24.9 Å². The highest BCUT2D eigenvalue weighted by Crippen LogP contribution is 2.18. The normalized spacial score (nSPS) is 16.0. The van der Waals surface area contributed by atoms with Gasteiger partial charge >= 0.3 is 0 Å². The second kappa shape index (κ2) is 6.31. The highest BCUT2D eigenvalue weighted by Gasteiger charge is 2.20. The van der Waals surface area contributed by atoms with E-state index in [1.165, 1.54) is 5.56 Å². The zero-order valence-corrected chi connectivity index (χ0v) is 13.4. The van der Waals surface area contributed by atoms with Crippen LogP contribution in [0.25, 0.3) is 0 Å². The molecule has 1 aliphatic rings. The van der Waals surface area contributed by atoms with E-state index in [0.29, 0.717) is 0 Å². The van der Waals surface area contributed by atoms with Crippen molar-refractivity contribution >= 4 is 11.6 Å². The van der Waals surface area contributed by atoms with Gasteiger partial charge in [-0.05, 0) is 6.92 Å². The van der Waals surface area contributed by atoms with Crippen molar-refractivity contribution in [1.29, 1.82) is 0 Å². The number of hydrogen-bond acceptors (Lipinski definition) is 7. The molecule has 3 heterocycles. The molecule has 0 saturated carbocycles. The predicted octanol–water partition coefficient (Wildman–Crippen LogP) is 1.16. The Balaban J connectivity index is 1.60. The molecule has 0 aromatic carbocycles. The zero-order chi connectivity index (χ0) is 15.5. The molecule has 0 radical (unpaired) electrons. The summed E-state index contributed by atoms with van der Waals surface area (Å²) < 4.78 is 5.12. The molecule has 2 aromatic rings. The number of piperazine rings is 1. The smallest absolute Gasteiger partial charge is 0.138 e. The lowest BCUT2D eigenvalue weighted by Gasteiger charge is -2.35. The largest absolute Gasteiger partial charge is 0.363 e. The highest BCUT2D eigenvalue weighted by atomic mass is 16.5. The summed E-state index contributed by atoms with van der Waals surface area (Å²) in [5.74, 6) is 2.85. The van der Waals surface area contributed by atoms with Crippen LogP contribution in [-0.4, -0.2) is 60.3 Å². The molecule has 0 amide bonds. The molecule has 0 N–H and O–H groups in total. The third kappa shape index (κ3) is 3.19. The van der Waals surface area contributed by atoms with Crippen LogP contribution in [0.15, 0.2) is 23.1 Å². The fraction of sp³-hybridized carbons (Fsp3) is 0.533. The maximum Gasteiger partial charge on any atom is 0.138 e. The molecule has 0 atom stereocenters. The first-order valence-corrected chi connectivity index (χ1v) is 7.50.